The van der Waals surface area contributed by atoms with E-state index in [0.29, 0.717) is 0 Å². The van der Waals surface area contributed by atoms with E-state index >= 15 is 0 Å². The van der Waals surface area contributed by atoms with E-state index in [0.717, 1.165) is 0 Å². The summed E-state index contributed by atoms with van der Waals surface area (Å²) in [6.07, 6.45) is -0.703. The first-order valence-electron chi connectivity index (χ1n) is 3.97. The first-order chi connectivity index (χ1) is 7.41. The summed E-state index contributed by atoms with van der Waals surface area (Å²) in [6, 6.07) is 1.45. The minimum Gasteiger partial charge on any atom is -0.504 e. The van der Waals surface area contributed by atoms with Crippen LogP contribution < -0.4 is 0 Å². The number of Topliss-reactive ketones (excluding diaryl/α,β-unsaturated/α-hetero) is 1. The molecule has 0 aliphatic heterocycles. The molecule has 0 bridgehead atoms. The van der Waals surface area contributed by atoms with Crippen LogP contribution in [0.3, 0.4) is 0 Å². The summed E-state index contributed by atoms with van der Waals surface area (Å²) in [6.45, 7) is 0. The van der Waals surface area contributed by atoms with E-state index in [1.807, 2.05) is 0 Å². The quantitative estimate of drug-likeness (QED) is 0.336. The van der Waals surface area contributed by atoms with Crippen molar-refractivity contribution in [3.8, 4) is 29.1 Å². The number of rotatable bonds is 2. The Morgan fingerprint density at radius 1 is 1.12 bits per heavy atom. The van der Waals surface area contributed by atoms with Crippen molar-refractivity contribution >= 4 is 5.78 Å². The zero-order valence-electron chi connectivity index (χ0n) is 7.73. The van der Waals surface area contributed by atoms with Gasteiger partial charge in [0.1, 0.15) is 5.56 Å². The van der Waals surface area contributed by atoms with Crippen molar-refractivity contribution in [3.05, 3.63) is 11.4 Å². The number of benzene rings is 1. The van der Waals surface area contributed by atoms with Crippen LogP contribution in [0.1, 0.15) is 16.8 Å². The number of phenolic OH excluding ortho intramolecular Hbond substituents is 4. The highest BCUT2D eigenvalue weighted by Gasteiger charge is 2.27. The summed E-state index contributed by atoms with van der Waals surface area (Å²) >= 11 is 0. The summed E-state index contributed by atoms with van der Waals surface area (Å²) in [5.41, 5.74) is -0.891. The van der Waals surface area contributed by atoms with Crippen LogP contribution in [-0.2, 0) is 0 Å². The van der Waals surface area contributed by atoms with Crippen LogP contribution >= 0.6 is 0 Å². The molecule has 0 radical (unpaired) electrons. The van der Waals surface area contributed by atoms with Crippen LogP contribution in [0.25, 0.3) is 0 Å². The number of carbonyl (C=O) groups is 1. The molecule has 0 fully saturated rings. The van der Waals surface area contributed by atoms with Crippen LogP contribution in [0.5, 0.6) is 23.0 Å². The molecule has 6 nitrogen and oxygen atoms in total. The molecule has 84 valence electrons. The van der Waals surface area contributed by atoms with Crippen LogP contribution in [0.15, 0.2) is 0 Å². The lowest BCUT2D eigenvalue weighted by Gasteiger charge is -2.09. The summed E-state index contributed by atoms with van der Waals surface area (Å²) in [7, 11) is 0. The van der Waals surface area contributed by atoms with Gasteiger partial charge in [0.2, 0.25) is 5.82 Å². The average molecular weight is 227 g/mol. The maximum atomic E-state index is 12.9. The molecule has 0 spiro atoms. The van der Waals surface area contributed by atoms with Gasteiger partial charge >= 0.3 is 0 Å². The predicted octanol–water partition coefficient (Wildman–Crippen LogP) is 0.744. The minimum atomic E-state index is -1.65. The zero-order valence-corrected chi connectivity index (χ0v) is 7.73. The molecule has 0 aromatic heterocycles. The van der Waals surface area contributed by atoms with E-state index in [4.69, 9.17) is 15.5 Å². The Bertz CT molecular complexity index is 477. The fourth-order valence-corrected chi connectivity index (χ4v) is 1.09. The predicted molar refractivity (Wildman–Crippen MR) is 47.6 cm³/mol. The maximum absolute atomic E-state index is 12.9. The third-order valence-electron chi connectivity index (χ3n) is 1.86. The molecular formula is C9H6FNO5. The number of carbonyl (C=O) groups excluding carboxylic acids is 1. The zero-order chi connectivity index (χ0) is 12.5. The Labute approximate surface area is 88.4 Å². The van der Waals surface area contributed by atoms with E-state index in [2.05, 4.69) is 0 Å². The van der Waals surface area contributed by atoms with Gasteiger partial charge in [0.25, 0.3) is 0 Å². The van der Waals surface area contributed by atoms with Gasteiger partial charge in [-0.15, -0.1) is 0 Å². The molecule has 0 atom stereocenters. The summed E-state index contributed by atoms with van der Waals surface area (Å²) in [5.74, 6) is -7.86. The molecule has 7 heteroatoms. The van der Waals surface area contributed by atoms with Gasteiger partial charge in [-0.25, -0.2) is 0 Å². The highest BCUT2D eigenvalue weighted by Crippen LogP contribution is 2.45. The second-order valence-electron chi connectivity index (χ2n) is 2.84. The number of aromatic hydroxyl groups is 4. The molecule has 16 heavy (non-hydrogen) atoms. The monoisotopic (exact) mass is 227 g/mol. The van der Waals surface area contributed by atoms with Crippen molar-refractivity contribution < 1.29 is 29.6 Å². The molecule has 1 aromatic carbocycles. The van der Waals surface area contributed by atoms with Crippen LogP contribution in [0.2, 0.25) is 0 Å². The Morgan fingerprint density at radius 2 is 1.56 bits per heavy atom. The van der Waals surface area contributed by atoms with Gasteiger partial charge in [-0.1, -0.05) is 0 Å². The lowest BCUT2D eigenvalue weighted by atomic mass is 10.0. The van der Waals surface area contributed by atoms with Crippen molar-refractivity contribution in [2.45, 2.75) is 6.42 Å². The molecule has 0 aliphatic rings. The van der Waals surface area contributed by atoms with E-state index in [1.165, 1.54) is 6.07 Å². The van der Waals surface area contributed by atoms with Gasteiger partial charge in [-0.2, -0.15) is 9.65 Å². The molecule has 0 aliphatic carbocycles. The Balaban J connectivity index is 3.53. The van der Waals surface area contributed by atoms with E-state index in [9.17, 15) is 19.4 Å². The number of nitriles is 1. The van der Waals surface area contributed by atoms with Crippen LogP contribution in [0.4, 0.5) is 4.39 Å². The van der Waals surface area contributed by atoms with E-state index < -0.39 is 46.6 Å². The smallest absolute Gasteiger partial charge is 0.214 e. The van der Waals surface area contributed by atoms with E-state index in [-0.39, 0.29) is 0 Å². The Morgan fingerprint density at radius 3 is 1.94 bits per heavy atom. The number of nitrogens with zero attached hydrogens (tertiary/aromatic N) is 1. The normalized spacial score (nSPS) is 9.75. The molecule has 0 amide bonds. The third-order valence-corrected chi connectivity index (χ3v) is 1.86. The molecule has 0 unspecified atom stereocenters. The lowest BCUT2D eigenvalue weighted by molar-refractivity contribution is 0.0990. The molecule has 0 saturated heterocycles. The van der Waals surface area contributed by atoms with Crippen molar-refractivity contribution in [3.63, 3.8) is 0 Å². The van der Waals surface area contributed by atoms with Gasteiger partial charge in [0.15, 0.2) is 28.8 Å². The number of halogens is 1. The van der Waals surface area contributed by atoms with Crippen molar-refractivity contribution in [1.82, 2.24) is 0 Å². The highest BCUT2D eigenvalue weighted by molar-refractivity contribution is 6.03. The van der Waals surface area contributed by atoms with E-state index in [1.54, 1.807) is 0 Å². The van der Waals surface area contributed by atoms with Crippen LogP contribution in [-0.4, -0.2) is 26.2 Å². The largest absolute Gasteiger partial charge is 0.504 e. The summed E-state index contributed by atoms with van der Waals surface area (Å²) < 4.78 is 12.9. The van der Waals surface area contributed by atoms with Gasteiger partial charge in [0, 0.05) is 0 Å². The molecular weight excluding hydrogens is 221 g/mol. The first kappa shape index (κ1) is 11.6. The standard InChI is InChI=1S/C9H6FNO5/c10-5-8(15)6(13)4(3(12)1-2-11)7(14)9(5)16/h13-16H,1H2. The first-order valence-corrected chi connectivity index (χ1v) is 3.97. The van der Waals surface area contributed by atoms with Gasteiger partial charge < -0.3 is 20.4 Å². The lowest BCUT2D eigenvalue weighted by Crippen LogP contribution is -2.00. The molecule has 1 rings (SSSR count). The SMILES string of the molecule is N#CCC(=O)c1c(O)c(O)c(F)c(O)c1O. The number of ketones is 1. The second-order valence-corrected chi connectivity index (χ2v) is 2.84. The van der Waals surface area contributed by atoms with Gasteiger partial charge in [0.05, 0.1) is 12.5 Å². The molecule has 4 N–H and O–H groups in total. The van der Waals surface area contributed by atoms with Crippen LogP contribution in [0, 0.1) is 17.1 Å². The van der Waals surface area contributed by atoms with Crippen molar-refractivity contribution in [1.29, 1.82) is 5.26 Å². The molecule has 0 saturated carbocycles. The summed E-state index contributed by atoms with van der Waals surface area (Å²) in [5, 5.41) is 44.6. The second kappa shape index (κ2) is 3.94. The van der Waals surface area contributed by atoms with Crippen molar-refractivity contribution in [2.75, 3.05) is 0 Å². The third kappa shape index (κ3) is 1.56. The summed E-state index contributed by atoms with van der Waals surface area (Å²) in [4.78, 5) is 11.2. The topological polar surface area (TPSA) is 122 Å². The molecule has 0 heterocycles. The number of phenols is 4. The van der Waals surface area contributed by atoms with Gasteiger partial charge in [-0.3, -0.25) is 4.79 Å². The minimum absolute atomic E-state index is 0.703. The molecule has 1 aromatic rings. The Kier molecular flexibility index (Phi) is 2.85. The maximum Gasteiger partial charge on any atom is 0.214 e. The Hall–Kier alpha value is -2.49. The number of hydrogen-bond donors (Lipinski definition) is 4. The van der Waals surface area contributed by atoms with Crippen molar-refractivity contribution in [2.24, 2.45) is 0 Å². The fourth-order valence-electron chi connectivity index (χ4n) is 1.09. The average Bonchev–Trinajstić information content (AvgIpc) is 2.24. The van der Waals surface area contributed by atoms with Gasteiger partial charge in [-0.05, 0) is 0 Å². The highest BCUT2D eigenvalue weighted by atomic mass is 19.1. The fraction of sp³-hybridized carbons (Fsp3) is 0.111. The number of hydrogen-bond acceptors (Lipinski definition) is 6.